The number of amides is 1. The van der Waals surface area contributed by atoms with Crippen molar-refractivity contribution in [2.45, 2.75) is 58.4 Å². The zero-order chi connectivity index (χ0) is 18.2. The Morgan fingerprint density at radius 2 is 2.08 bits per heavy atom. The van der Waals surface area contributed by atoms with Crippen LogP contribution in [0.1, 0.15) is 66.4 Å². The minimum Gasteiger partial charge on any atom is -0.493 e. The van der Waals surface area contributed by atoms with Crippen LogP contribution in [0.5, 0.6) is 5.75 Å². The van der Waals surface area contributed by atoms with Crippen molar-refractivity contribution in [1.82, 2.24) is 9.88 Å². The minimum atomic E-state index is 0.100. The van der Waals surface area contributed by atoms with Crippen LogP contribution in [0.4, 0.5) is 0 Å². The number of carbonyl (C=O) groups is 1. The number of aromatic nitrogens is 1. The Kier molecular flexibility index (Phi) is 7.06. The lowest BCUT2D eigenvalue weighted by atomic mass is 10.1. The molecule has 1 aromatic heterocycles. The van der Waals surface area contributed by atoms with E-state index in [2.05, 4.69) is 11.9 Å². The van der Waals surface area contributed by atoms with Crippen molar-refractivity contribution >= 4 is 17.2 Å². The Bertz CT molecular complexity index is 700. The van der Waals surface area contributed by atoms with Gasteiger partial charge in [-0.05, 0) is 30.2 Å². The zero-order valence-corrected chi connectivity index (χ0v) is 16.4. The molecule has 3 rings (SSSR count). The largest absolute Gasteiger partial charge is 0.493 e. The van der Waals surface area contributed by atoms with Crippen molar-refractivity contribution in [3.05, 3.63) is 45.9 Å². The van der Waals surface area contributed by atoms with Gasteiger partial charge in [-0.1, -0.05) is 39.0 Å². The molecule has 0 radical (unpaired) electrons. The standard InChI is InChI=1S/C21H28N2O2S/c1-2-3-4-5-6-7-12-23(16-20-22-11-14-26-20)21(24)18-8-9-19-17(15-18)10-13-25-19/h8-9,11,14-15H,2-7,10,12-13,16H2,1H3. The van der Waals surface area contributed by atoms with Crippen molar-refractivity contribution in [2.75, 3.05) is 13.2 Å². The maximum absolute atomic E-state index is 13.1. The molecule has 0 bridgehead atoms. The van der Waals surface area contributed by atoms with E-state index in [4.69, 9.17) is 4.74 Å². The molecule has 0 fully saturated rings. The minimum absolute atomic E-state index is 0.100. The average Bonchev–Trinajstić information content (AvgIpc) is 3.33. The lowest BCUT2D eigenvalue weighted by Gasteiger charge is -2.22. The second kappa shape index (κ2) is 9.72. The summed E-state index contributed by atoms with van der Waals surface area (Å²) in [5.74, 6) is 1.02. The highest BCUT2D eigenvalue weighted by molar-refractivity contribution is 7.09. The smallest absolute Gasteiger partial charge is 0.254 e. The van der Waals surface area contributed by atoms with Crippen LogP contribution in [-0.2, 0) is 13.0 Å². The first-order valence-electron chi connectivity index (χ1n) is 9.71. The summed E-state index contributed by atoms with van der Waals surface area (Å²) in [6.07, 6.45) is 10.0. The normalized spacial score (nSPS) is 12.7. The molecule has 0 saturated carbocycles. The molecule has 26 heavy (non-hydrogen) atoms. The van der Waals surface area contributed by atoms with E-state index in [0.29, 0.717) is 13.2 Å². The highest BCUT2D eigenvalue weighted by Gasteiger charge is 2.20. The second-order valence-electron chi connectivity index (χ2n) is 6.84. The van der Waals surface area contributed by atoms with Crippen LogP contribution in [0.15, 0.2) is 29.8 Å². The van der Waals surface area contributed by atoms with Crippen molar-refractivity contribution in [3.8, 4) is 5.75 Å². The Morgan fingerprint density at radius 1 is 1.23 bits per heavy atom. The summed E-state index contributed by atoms with van der Waals surface area (Å²) in [7, 11) is 0. The highest BCUT2D eigenvalue weighted by atomic mass is 32.1. The van der Waals surface area contributed by atoms with E-state index in [-0.39, 0.29) is 5.91 Å². The van der Waals surface area contributed by atoms with Crippen molar-refractivity contribution in [2.24, 2.45) is 0 Å². The summed E-state index contributed by atoms with van der Waals surface area (Å²) in [4.78, 5) is 19.4. The number of hydrogen-bond acceptors (Lipinski definition) is 4. The molecule has 0 spiro atoms. The van der Waals surface area contributed by atoms with E-state index in [1.807, 2.05) is 28.5 Å². The Hall–Kier alpha value is -1.88. The number of hydrogen-bond donors (Lipinski definition) is 0. The number of nitrogens with zero attached hydrogens (tertiary/aromatic N) is 2. The maximum Gasteiger partial charge on any atom is 0.254 e. The van der Waals surface area contributed by atoms with Crippen LogP contribution in [0.25, 0.3) is 0 Å². The maximum atomic E-state index is 13.1. The first kappa shape index (κ1) is 18.9. The van der Waals surface area contributed by atoms with Crippen LogP contribution >= 0.6 is 11.3 Å². The van der Waals surface area contributed by atoms with E-state index in [9.17, 15) is 4.79 Å². The number of thiazole rings is 1. The number of benzene rings is 1. The summed E-state index contributed by atoms with van der Waals surface area (Å²) in [5.41, 5.74) is 1.90. The SMILES string of the molecule is CCCCCCCCN(Cc1nccs1)C(=O)c1ccc2c(c1)CCO2. The van der Waals surface area contributed by atoms with E-state index in [1.54, 1.807) is 17.5 Å². The van der Waals surface area contributed by atoms with Crippen LogP contribution < -0.4 is 4.74 Å². The van der Waals surface area contributed by atoms with Crippen molar-refractivity contribution in [1.29, 1.82) is 0 Å². The fourth-order valence-corrected chi connectivity index (χ4v) is 3.96. The molecule has 0 aliphatic carbocycles. The Balaban J connectivity index is 1.62. The van der Waals surface area contributed by atoms with Crippen molar-refractivity contribution < 1.29 is 9.53 Å². The highest BCUT2D eigenvalue weighted by Crippen LogP contribution is 2.26. The summed E-state index contributed by atoms with van der Waals surface area (Å²) in [6.45, 7) is 4.33. The molecular formula is C21H28N2O2S. The van der Waals surface area contributed by atoms with Crippen molar-refractivity contribution in [3.63, 3.8) is 0 Å². The number of rotatable bonds is 10. The van der Waals surface area contributed by atoms with Gasteiger partial charge in [-0.15, -0.1) is 11.3 Å². The second-order valence-corrected chi connectivity index (χ2v) is 7.82. The molecular weight excluding hydrogens is 344 g/mol. The summed E-state index contributed by atoms with van der Waals surface area (Å²) < 4.78 is 5.56. The molecule has 1 aliphatic rings. The lowest BCUT2D eigenvalue weighted by Crippen LogP contribution is -2.31. The molecule has 1 amide bonds. The number of ether oxygens (including phenoxy) is 1. The monoisotopic (exact) mass is 372 g/mol. The molecule has 0 unspecified atom stereocenters. The van der Waals surface area contributed by atoms with Gasteiger partial charge in [0, 0.05) is 30.1 Å². The molecule has 1 aromatic carbocycles. The number of carbonyl (C=O) groups excluding carboxylic acids is 1. The Morgan fingerprint density at radius 3 is 2.88 bits per heavy atom. The Labute approximate surface area is 160 Å². The molecule has 1 aliphatic heterocycles. The van der Waals surface area contributed by atoms with Gasteiger partial charge in [-0.2, -0.15) is 0 Å². The predicted molar refractivity (Wildman–Crippen MR) is 106 cm³/mol. The molecule has 2 heterocycles. The van der Waals surface area contributed by atoms with Gasteiger partial charge in [0.25, 0.3) is 5.91 Å². The molecule has 140 valence electrons. The van der Waals surface area contributed by atoms with Gasteiger partial charge in [0.1, 0.15) is 10.8 Å². The molecule has 2 aromatic rings. The molecule has 5 heteroatoms. The molecule has 0 N–H and O–H groups in total. The van der Waals surface area contributed by atoms with Gasteiger partial charge >= 0.3 is 0 Å². The van der Waals surface area contributed by atoms with E-state index in [0.717, 1.165) is 41.3 Å². The van der Waals surface area contributed by atoms with Crippen LogP contribution in [-0.4, -0.2) is 28.9 Å². The summed E-state index contributed by atoms with van der Waals surface area (Å²) in [5, 5.41) is 2.96. The summed E-state index contributed by atoms with van der Waals surface area (Å²) >= 11 is 1.61. The van der Waals surface area contributed by atoms with E-state index in [1.165, 1.54) is 32.1 Å². The predicted octanol–water partition coefficient (Wildman–Crippen LogP) is 5.08. The molecule has 0 atom stereocenters. The van der Waals surface area contributed by atoms with Crippen LogP contribution in [0.3, 0.4) is 0 Å². The average molecular weight is 373 g/mol. The van der Waals surface area contributed by atoms with Gasteiger partial charge in [-0.25, -0.2) is 4.98 Å². The fourth-order valence-electron chi connectivity index (χ4n) is 3.33. The summed E-state index contributed by atoms with van der Waals surface area (Å²) in [6, 6.07) is 5.82. The van der Waals surface area contributed by atoms with E-state index >= 15 is 0 Å². The van der Waals surface area contributed by atoms with Gasteiger partial charge in [-0.3, -0.25) is 4.79 Å². The van der Waals surface area contributed by atoms with E-state index < -0.39 is 0 Å². The van der Waals surface area contributed by atoms with Crippen LogP contribution in [0.2, 0.25) is 0 Å². The third-order valence-electron chi connectivity index (χ3n) is 4.81. The zero-order valence-electron chi connectivity index (χ0n) is 15.6. The third-order valence-corrected chi connectivity index (χ3v) is 5.58. The topological polar surface area (TPSA) is 42.4 Å². The first-order chi connectivity index (χ1) is 12.8. The first-order valence-corrected chi connectivity index (χ1v) is 10.6. The molecule has 0 saturated heterocycles. The lowest BCUT2D eigenvalue weighted by molar-refractivity contribution is 0.0739. The quantitative estimate of drug-likeness (QED) is 0.546. The molecule has 4 nitrogen and oxygen atoms in total. The van der Waals surface area contributed by atoms with Gasteiger partial charge < -0.3 is 9.64 Å². The van der Waals surface area contributed by atoms with Gasteiger partial charge in [0.2, 0.25) is 0 Å². The van der Waals surface area contributed by atoms with Gasteiger partial charge in [0.15, 0.2) is 0 Å². The van der Waals surface area contributed by atoms with Crippen LogP contribution in [0, 0.1) is 0 Å². The number of unbranched alkanes of at least 4 members (excludes halogenated alkanes) is 5. The number of fused-ring (bicyclic) bond motifs is 1. The van der Waals surface area contributed by atoms with Gasteiger partial charge in [0.05, 0.1) is 13.2 Å². The fraction of sp³-hybridized carbons (Fsp3) is 0.524. The third kappa shape index (κ3) is 5.07.